The van der Waals surface area contributed by atoms with Crippen LogP contribution in [-0.4, -0.2) is 5.11 Å². The third-order valence-electron chi connectivity index (χ3n) is 3.36. The van der Waals surface area contributed by atoms with Crippen molar-refractivity contribution in [2.75, 3.05) is 0 Å². The van der Waals surface area contributed by atoms with Crippen LogP contribution in [0.2, 0.25) is 0 Å². The van der Waals surface area contributed by atoms with Crippen molar-refractivity contribution < 1.29 is 5.11 Å². The summed E-state index contributed by atoms with van der Waals surface area (Å²) in [5, 5.41) is 9.93. The summed E-state index contributed by atoms with van der Waals surface area (Å²) in [7, 11) is 0. The van der Waals surface area contributed by atoms with E-state index in [-0.39, 0.29) is 0 Å². The Bertz CT molecular complexity index is 350. The molecule has 1 fully saturated rings. The Balaban J connectivity index is 2.05. The average Bonchev–Trinajstić information content (AvgIpc) is 2.74. The van der Waals surface area contributed by atoms with Crippen molar-refractivity contribution in [1.82, 2.24) is 0 Å². The molecule has 68 valence electrons. The quantitative estimate of drug-likeness (QED) is 0.691. The van der Waals surface area contributed by atoms with Gasteiger partial charge in [0.1, 0.15) is 0 Å². The van der Waals surface area contributed by atoms with Crippen LogP contribution in [0, 0.1) is 0 Å². The third kappa shape index (κ3) is 1.11. The number of aliphatic hydroxyl groups is 1. The van der Waals surface area contributed by atoms with Gasteiger partial charge in [0.05, 0.1) is 5.60 Å². The van der Waals surface area contributed by atoms with Gasteiger partial charge in [0.25, 0.3) is 0 Å². The van der Waals surface area contributed by atoms with Crippen molar-refractivity contribution in [2.45, 2.75) is 37.7 Å². The molecule has 1 saturated carbocycles. The van der Waals surface area contributed by atoms with E-state index in [1.807, 2.05) is 0 Å². The fourth-order valence-electron chi connectivity index (χ4n) is 2.27. The zero-order valence-corrected chi connectivity index (χ0v) is 7.71. The molecule has 0 atom stereocenters. The van der Waals surface area contributed by atoms with Gasteiger partial charge in [0, 0.05) is 0 Å². The lowest BCUT2D eigenvalue weighted by molar-refractivity contribution is 0.151. The Hall–Kier alpha value is -0.820. The molecule has 1 nitrogen and oxygen atoms in total. The lowest BCUT2D eigenvalue weighted by atomic mass is 10.0. The number of rotatable bonds is 1. The zero-order valence-electron chi connectivity index (χ0n) is 7.71. The molecule has 1 heteroatoms. The second kappa shape index (κ2) is 2.36. The molecule has 0 heterocycles. The van der Waals surface area contributed by atoms with Gasteiger partial charge < -0.3 is 5.11 Å². The Morgan fingerprint density at radius 1 is 1.08 bits per heavy atom. The van der Waals surface area contributed by atoms with Crippen LogP contribution in [0.1, 0.15) is 36.0 Å². The summed E-state index contributed by atoms with van der Waals surface area (Å²) in [6.07, 6.45) is 5.63. The minimum Gasteiger partial charge on any atom is -0.385 e. The Labute approximate surface area is 78.4 Å². The molecule has 0 unspecified atom stereocenters. The molecule has 1 aromatic rings. The average molecular weight is 174 g/mol. The van der Waals surface area contributed by atoms with E-state index in [1.54, 1.807) is 0 Å². The first kappa shape index (κ1) is 7.57. The highest BCUT2D eigenvalue weighted by Crippen LogP contribution is 2.46. The molecule has 1 N–H and O–H groups in total. The Morgan fingerprint density at radius 3 is 2.62 bits per heavy atom. The van der Waals surface area contributed by atoms with E-state index in [0.717, 1.165) is 18.4 Å². The highest BCUT2D eigenvalue weighted by atomic mass is 16.3. The van der Waals surface area contributed by atoms with E-state index in [2.05, 4.69) is 18.2 Å². The monoisotopic (exact) mass is 174 g/mol. The summed E-state index contributed by atoms with van der Waals surface area (Å²) in [5.74, 6) is 0. The van der Waals surface area contributed by atoms with E-state index in [1.165, 1.54) is 30.4 Å². The number of benzene rings is 1. The van der Waals surface area contributed by atoms with Crippen LogP contribution < -0.4 is 0 Å². The Morgan fingerprint density at radius 2 is 1.85 bits per heavy atom. The maximum atomic E-state index is 9.93. The molecule has 0 aromatic heterocycles. The van der Waals surface area contributed by atoms with Gasteiger partial charge in [-0.05, 0) is 48.8 Å². The first-order chi connectivity index (χ1) is 6.28. The maximum absolute atomic E-state index is 9.93. The maximum Gasteiger partial charge on any atom is 0.0899 e. The molecule has 2 aliphatic carbocycles. The van der Waals surface area contributed by atoms with Gasteiger partial charge in [-0.1, -0.05) is 18.2 Å². The summed E-state index contributed by atoms with van der Waals surface area (Å²) < 4.78 is 0. The van der Waals surface area contributed by atoms with Gasteiger partial charge in [-0.25, -0.2) is 0 Å². The number of aryl methyl sites for hydroxylation is 2. The predicted molar refractivity (Wildman–Crippen MR) is 51.6 cm³/mol. The molecule has 0 spiro atoms. The van der Waals surface area contributed by atoms with Crippen molar-refractivity contribution in [3.05, 3.63) is 34.9 Å². The van der Waals surface area contributed by atoms with Crippen molar-refractivity contribution in [1.29, 1.82) is 0 Å². The van der Waals surface area contributed by atoms with Gasteiger partial charge >= 0.3 is 0 Å². The molecular weight excluding hydrogens is 160 g/mol. The largest absolute Gasteiger partial charge is 0.385 e. The third-order valence-corrected chi connectivity index (χ3v) is 3.36. The molecule has 2 aliphatic rings. The van der Waals surface area contributed by atoms with Crippen molar-refractivity contribution >= 4 is 0 Å². The zero-order chi connectivity index (χ0) is 8.89. The SMILES string of the molecule is OC1(c2ccc3c(c2)CCC3)CC1. The van der Waals surface area contributed by atoms with Gasteiger partial charge in [0.2, 0.25) is 0 Å². The molecule has 0 saturated heterocycles. The molecule has 13 heavy (non-hydrogen) atoms. The predicted octanol–water partition coefficient (Wildman–Crippen LogP) is 2.16. The fourth-order valence-corrected chi connectivity index (χ4v) is 2.27. The van der Waals surface area contributed by atoms with Gasteiger partial charge in [0.15, 0.2) is 0 Å². The second-order valence-electron chi connectivity index (χ2n) is 4.37. The summed E-state index contributed by atoms with van der Waals surface area (Å²) in [6.45, 7) is 0. The van der Waals surface area contributed by atoms with E-state index >= 15 is 0 Å². The van der Waals surface area contributed by atoms with E-state index in [4.69, 9.17) is 0 Å². The second-order valence-corrected chi connectivity index (χ2v) is 4.37. The van der Waals surface area contributed by atoms with Crippen LogP contribution in [0.4, 0.5) is 0 Å². The Kier molecular flexibility index (Phi) is 1.37. The van der Waals surface area contributed by atoms with Crippen LogP contribution in [0.25, 0.3) is 0 Å². The minimum absolute atomic E-state index is 0.447. The van der Waals surface area contributed by atoms with E-state index < -0.39 is 5.60 Å². The summed E-state index contributed by atoms with van der Waals surface area (Å²) >= 11 is 0. The lowest BCUT2D eigenvalue weighted by Gasteiger charge is -2.09. The van der Waals surface area contributed by atoms with Gasteiger partial charge in [-0.2, -0.15) is 0 Å². The van der Waals surface area contributed by atoms with E-state index in [9.17, 15) is 5.11 Å². The fraction of sp³-hybridized carbons (Fsp3) is 0.500. The molecule has 0 aliphatic heterocycles. The highest BCUT2D eigenvalue weighted by molar-refractivity contribution is 5.39. The van der Waals surface area contributed by atoms with Gasteiger partial charge in [-0.15, -0.1) is 0 Å². The lowest BCUT2D eigenvalue weighted by Crippen LogP contribution is -2.04. The van der Waals surface area contributed by atoms with Crippen LogP contribution >= 0.6 is 0 Å². The first-order valence-corrected chi connectivity index (χ1v) is 5.13. The van der Waals surface area contributed by atoms with E-state index in [0.29, 0.717) is 0 Å². The van der Waals surface area contributed by atoms with Crippen molar-refractivity contribution in [3.63, 3.8) is 0 Å². The molecular formula is C12H14O. The highest BCUT2D eigenvalue weighted by Gasteiger charge is 2.42. The van der Waals surface area contributed by atoms with Crippen LogP contribution in [0.5, 0.6) is 0 Å². The molecule has 0 bridgehead atoms. The standard InChI is InChI=1S/C12H14O/c13-12(6-7-12)11-5-4-9-2-1-3-10(9)8-11/h4-5,8,13H,1-3,6-7H2. The summed E-state index contributed by atoms with van der Waals surface area (Å²) in [6, 6.07) is 6.53. The molecule has 0 radical (unpaired) electrons. The summed E-state index contributed by atoms with van der Waals surface area (Å²) in [5.41, 5.74) is 3.66. The van der Waals surface area contributed by atoms with Crippen LogP contribution in [0.3, 0.4) is 0 Å². The smallest absolute Gasteiger partial charge is 0.0899 e. The molecule has 1 aromatic carbocycles. The van der Waals surface area contributed by atoms with Crippen LogP contribution in [-0.2, 0) is 18.4 Å². The molecule has 0 amide bonds. The number of hydrogen-bond acceptors (Lipinski definition) is 1. The normalized spacial score (nSPS) is 22.8. The number of fused-ring (bicyclic) bond motifs is 1. The molecule has 3 rings (SSSR count). The summed E-state index contributed by atoms with van der Waals surface area (Å²) in [4.78, 5) is 0. The van der Waals surface area contributed by atoms with Crippen LogP contribution in [0.15, 0.2) is 18.2 Å². The minimum atomic E-state index is -0.447. The topological polar surface area (TPSA) is 20.2 Å². The van der Waals surface area contributed by atoms with Crippen molar-refractivity contribution in [2.24, 2.45) is 0 Å². The van der Waals surface area contributed by atoms with Crippen molar-refractivity contribution in [3.8, 4) is 0 Å². The first-order valence-electron chi connectivity index (χ1n) is 5.13. The van der Waals surface area contributed by atoms with Gasteiger partial charge in [-0.3, -0.25) is 0 Å². The number of hydrogen-bond donors (Lipinski definition) is 1.